The van der Waals surface area contributed by atoms with Crippen LogP contribution in [0, 0.1) is 0 Å². The van der Waals surface area contributed by atoms with Crippen LogP contribution in [0.4, 0.5) is 0 Å². The molecule has 118 valence electrons. The van der Waals surface area contributed by atoms with Crippen LogP contribution in [-0.4, -0.2) is 19.7 Å². The molecular weight excluding hydrogens is 270 g/mol. The molecule has 0 saturated heterocycles. The van der Waals surface area contributed by atoms with Crippen molar-refractivity contribution in [2.24, 2.45) is 0 Å². The van der Waals surface area contributed by atoms with Crippen LogP contribution in [0.25, 0.3) is 0 Å². The van der Waals surface area contributed by atoms with Crippen LogP contribution >= 0.6 is 0 Å². The Kier molecular flexibility index (Phi) is 6.98. The standard InChI is InChI=1S/C20H27NO/c1-3-22-20-13-11-19(12-14-20)17(2)16-21-15-7-10-18-8-5-4-6-9-18/h4-6,8-9,11-14,17,21H,3,7,10,15-16H2,1-2H3. The van der Waals surface area contributed by atoms with Gasteiger partial charge < -0.3 is 10.1 Å². The molecule has 0 radical (unpaired) electrons. The highest BCUT2D eigenvalue weighted by molar-refractivity contribution is 5.29. The normalized spacial score (nSPS) is 12.1. The first-order valence-corrected chi connectivity index (χ1v) is 8.27. The van der Waals surface area contributed by atoms with E-state index in [1.165, 1.54) is 17.5 Å². The smallest absolute Gasteiger partial charge is 0.119 e. The number of rotatable bonds is 9. The summed E-state index contributed by atoms with van der Waals surface area (Å²) in [7, 11) is 0. The predicted octanol–water partition coefficient (Wildman–Crippen LogP) is 4.41. The van der Waals surface area contributed by atoms with Gasteiger partial charge in [-0.25, -0.2) is 0 Å². The minimum atomic E-state index is 0.521. The predicted molar refractivity (Wildman–Crippen MR) is 93.7 cm³/mol. The zero-order valence-electron chi connectivity index (χ0n) is 13.7. The van der Waals surface area contributed by atoms with Crippen LogP contribution in [0.5, 0.6) is 5.75 Å². The summed E-state index contributed by atoms with van der Waals surface area (Å²) in [5.74, 6) is 1.47. The minimum absolute atomic E-state index is 0.521. The van der Waals surface area contributed by atoms with Gasteiger partial charge in [-0.15, -0.1) is 0 Å². The Labute approximate surface area is 134 Å². The fourth-order valence-electron chi connectivity index (χ4n) is 2.56. The van der Waals surface area contributed by atoms with E-state index in [0.717, 1.165) is 31.9 Å². The van der Waals surface area contributed by atoms with E-state index >= 15 is 0 Å². The maximum Gasteiger partial charge on any atom is 0.119 e. The third-order valence-electron chi connectivity index (χ3n) is 3.87. The van der Waals surface area contributed by atoms with Crippen molar-refractivity contribution < 1.29 is 4.74 Å². The zero-order valence-corrected chi connectivity index (χ0v) is 13.7. The molecule has 1 N–H and O–H groups in total. The van der Waals surface area contributed by atoms with E-state index in [4.69, 9.17) is 4.74 Å². The Morgan fingerprint density at radius 3 is 2.41 bits per heavy atom. The summed E-state index contributed by atoms with van der Waals surface area (Å²) in [5.41, 5.74) is 2.78. The summed E-state index contributed by atoms with van der Waals surface area (Å²) in [6, 6.07) is 19.1. The highest BCUT2D eigenvalue weighted by atomic mass is 16.5. The van der Waals surface area contributed by atoms with Gasteiger partial charge in [0.15, 0.2) is 0 Å². The largest absolute Gasteiger partial charge is 0.494 e. The van der Waals surface area contributed by atoms with Gasteiger partial charge in [-0.2, -0.15) is 0 Å². The van der Waals surface area contributed by atoms with E-state index in [-0.39, 0.29) is 0 Å². The highest BCUT2D eigenvalue weighted by Gasteiger charge is 2.05. The maximum absolute atomic E-state index is 5.48. The van der Waals surface area contributed by atoms with Crippen LogP contribution in [0.3, 0.4) is 0 Å². The van der Waals surface area contributed by atoms with E-state index in [0.29, 0.717) is 5.92 Å². The molecule has 1 atom stereocenters. The molecule has 2 aromatic carbocycles. The molecule has 2 heteroatoms. The molecule has 0 saturated carbocycles. The number of nitrogens with one attached hydrogen (secondary N) is 1. The van der Waals surface area contributed by atoms with Gasteiger partial charge in [0.25, 0.3) is 0 Å². The lowest BCUT2D eigenvalue weighted by atomic mass is 10.0. The summed E-state index contributed by atoms with van der Waals surface area (Å²) in [6.45, 7) is 7.08. The van der Waals surface area contributed by atoms with Crippen LogP contribution in [-0.2, 0) is 6.42 Å². The lowest BCUT2D eigenvalue weighted by Crippen LogP contribution is -2.21. The van der Waals surface area contributed by atoms with Gasteiger partial charge in [-0.1, -0.05) is 49.4 Å². The number of hydrogen-bond acceptors (Lipinski definition) is 2. The van der Waals surface area contributed by atoms with Crippen molar-refractivity contribution in [1.82, 2.24) is 5.32 Å². The molecule has 0 bridgehead atoms. The molecule has 0 aliphatic rings. The SMILES string of the molecule is CCOc1ccc(C(C)CNCCCc2ccccc2)cc1. The van der Waals surface area contributed by atoms with Crippen molar-refractivity contribution in [2.75, 3.05) is 19.7 Å². The summed E-state index contributed by atoms with van der Waals surface area (Å²) in [4.78, 5) is 0. The Bertz CT molecular complexity index is 521. The number of hydrogen-bond donors (Lipinski definition) is 1. The van der Waals surface area contributed by atoms with Crippen molar-refractivity contribution in [2.45, 2.75) is 32.6 Å². The molecule has 2 nitrogen and oxygen atoms in total. The third-order valence-corrected chi connectivity index (χ3v) is 3.87. The summed E-state index contributed by atoms with van der Waals surface area (Å²) >= 11 is 0. The molecule has 0 aromatic heterocycles. The van der Waals surface area contributed by atoms with Crippen LogP contribution < -0.4 is 10.1 Å². The topological polar surface area (TPSA) is 21.3 Å². The van der Waals surface area contributed by atoms with E-state index in [2.05, 4.69) is 66.8 Å². The van der Waals surface area contributed by atoms with E-state index in [1.54, 1.807) is 0 Å². The van der Waals surface area contributed by atoms with Crippen molar-refractivity contribution in [3.8, 4) is 5.75 Å². The van der Waals surface area contributed by atoms with Crippen LogP contribution in [0.15, 0.2) is 54.6 Å². The third kappa shape index (κ3) is 5.53. The van der Waals surface area contributed by atoms with Gasteiger partial charge >= 0.3 is 0 Å². The van der Waals surface area contributed by atoms with Crippen molar-refractivity contribution in [3.05, 3.63) is 65.7 Å². The van der Waals surface area contributed by atoms with Crippen LogP contribution in [0.2, 0.25) is 0 Å². The Morgan fingerprint density at radius 1 is 1.00 bits per heavy atom. The average molecular weight is 297 g/mol. The molecule has 0 aliphatic carbocycles. The van der Waals surface area contributed by atoms with Gasteiger partial charge in [-0.05, 0) is 55.5 Å². The number of aryl methyl sites for hydroxylation is 1. The fraction of sp³-hybridized carbons (Fsp3) is 0.400. The summed E-state index contributed by atoms with van der Waals surface area (Å²) in [6.07, 6.45) is 2.32. The van der Waals surface area contributed by atoms with Gasteiger partial charge in [0.1, 0.15) is 5.75 Å². The van der Waals surface area contributed by atoms with Crippen molar-refractivity contribution in [3.63, 3.8) is 0 Å². The van der Waals surface area contributed by atoms with Crippen molar-refractivity contribution >= 4 is 0 Å². The molecular formula is C20H27NO. The van der Waals surface area contributed by atoms with E-state index in [1.807, 2.05) is 6.92 Å². The van der Waals surface area contributed by atoms with Crippen molar-refractivity contribution in [1.29, 1.82) is 0 Å². The summed E-state index contributed by atoms with van der Waals surface area (Å²) in [5, 5.41) is 3.56. The molecule has 0 spiro atoms. The minimum Gasteiger partial charge on any atom is -0.494 e. The first-order valence-electron chi connectivity index (χ1n) is 8.27. The van der Waals surface area contributed by atoms with Crippen LogP contribution in [0.1, 0.15) is 37.3 Å². The molecule has 2 aromatic rings. The molecule has 0 amide bonds. The molecule has 0 heterocycles. The van der Waals surface area contributed by atoms with E-state index < -0.39 is 0 Å². The second-order valence-corrected chi connectivity index (χ2v) is 5.70. The van der Waals surface area contributed by atoms with Gasteiger partial charge in [0.2, 0.25) is 0 Å². The molecule has 0 fully saturated rings. The second kappa shape index (κ2) is 9.26. The lowest BCUT2D eigenvalue weighted by Gasteiger charge is -2.14. The molecule has 22 heavy (non-hydrogen) atoms. The van der Waals surface area contributed by atoms with E-state index in [9.17, 15) is 0 Å². The fourth-order valence-corrected chi connectivity index (χ4v) is 2.56. The Hall–Kier alpha value is -1.80. The maximum atomic E-state index is 5.48. The molecule has 0 aliphatic heterocycles. The zero-order chi connectivity index (χ0) is 15.6. The second-order valence-electron chi connectivity index (χ2n) is 5.70. The molecule has 1 unspecified atom stereocenters. The highest BCUT2D eigenvalue weighted by Crippen LogP contribution is 2.18. The quantitative estimate of drug-likeness (QED) is 0.692. The number of ether oxygens (including phenoxy) is 1. The Morgan fingerprint density at radius 2 is 1.73 bits per heavy atom. The average Bonchev–Trinajstić information content (AvgIpc) is 2.56. The Balaban J connectivity index is 1.65. The van der Waals surface area contributed by atoms with Gasteiger partial charge in [-0.3, -0.25) is 0 Å². The van der Waals surface area contributed by atoms with Gasteiger partial charge in [0.05, 0.1) is 6.61 Å². The monoisotopic (exact) mass is 297 g/mol. The lowest BCUT2D eigenvalue weighted by molar-refractivity contribution is 0.340. The summed E-state index contributed by atoms with van der Waals surface area (Å²) < 4.78 is 5.48. The first kappa shape index (κ1) is 16.6. The van der Waals surface area contributed by atoms with Gasteiger partial charge in [0, 0.05) is 6.54 Å². The first-order chi connectivity index (χ1) is 10.8. The number of benzene rings is 2. The molecule has 2 rings (SSSR count).